The zero-order valence-electron chi connectivity index (χ0n) is 11.5. The smallest absolute Gasteiger partial charge is 0.0900 e. The van der Waals surface area contributed by atoms with E-state index in [0.29, 0.717) is 6.61 Å². The lowest BCUT2D eigenvalue weighted by atomic mass is 10.2. The molecule has 0 bridgehead atoms. The first-order chi connectivity index (χ1) is 8.27. The summed E-state index contributed by atoms with van der Waals surface area (Å²) in [7, 11) is 0. The fraction of sp³-hybridized carbons (Fsp3) is 1.00. The van der Waals surface area contributed by atoms with E-state index in [9.17, 15) is 5.11 Å². The number of hydrogen-bond donors (Lipinski definition) is 1. The van der Waals surface area contributed by atoms with Crippen LogP contribution in [0.25, 0.3) is 0 Å². The quantitative estimate of drug-likeness (QED) is 0.566. The molecule has 3 heteroatoms. The Hall–Kier alpha value is -0.120. The number of rotatable bonds is 11. The van der Waals surface area contributed by atoms with Gasteiger partial charge in [0, 0.05) is 19.2 Å². The summed E-state index contributed by atoms with van der Waals surface area (Å²) in [5.74, 6) is 0. The van der Waals surface area contributed by atoms with E-state index < -0.39 is 0 Å². The molecule has 0 aromatic carbocycles. The third-order valence-corrected chi connectivity index (χ3v) is 3.26. The molecular formula is C14H29NO2. The van der Waals surface area contributed by atoms with Crippen molar-refractivity contribution < 1.29 is 9.84 Å². The zero-order chi connectivity index (χ0) is 12.5. The van der Waals surface area contributed by atoms with Crippen molar-refractivity contribution in [1.82, 2.24) is 4.90 Å². The minimum absolute atomic E-state index is 0.315. The highest BCUT2D eigenvalue weighted by molar-refractivity contribution is 4.85. The molecule has 1 aliphatic carbocycles. The summed E-state index contributed by atoms with van der Waals surface area (Å²) < 4.78 is 5.46. The maximum atomic E-state index is 9.93. The van der Waals surface area contributed by atoms with Crippen molar-refractivity contribution in [1.29, 1.82) is 0 Å². The summed E-state index contributed by atoms with van der Waals surface area (Å²) in [4.78, 5) is 2.44. The first-order valence-electron chi connectivity index (χ1n) is 7.27. The van der Waals surface area contributed by atoms with Gasteiger partial charge in [-0.3, -0.25) is 4.90 Å². The molecule has 1 aliphatic rings. The molecule has 1 rings (SSSR count). The van der Waals surface area contributed by atoms with Crippen LogP contribution in [0.15, 0.2) is 0 Å². The molecule has 17 heavy (non-hydrogen) atoms. The van der Waals surface area contributed by atoms with Crippen LogP contribution in [0.3, 0.4) is 0 Å². The van der Waals surface area contributed by atoms with Gasteiger partial charge in [0.2, 0.25) is 0 Å². The summed E-state index contributed by atoms with van der Waals surface area (Å²) in [6.07, 6.45) is 7.02. The van der Waals surface area contributed by atoms with Gasteiger partial charge < -0.3 is 9.84 Å². The number of aliphatic hydroxyl groups excluding tert-OH is 1. The summed E-state index contributed by atoms with van der Waals surface area (Å²) in [6, 6.07) is 0.742. The molecule has 0 heterocycles. The van der Waals surface area contributed by atoms with Crippen LogP contribution in [0.2, 0.25) is 0 Å². The number of aliphatic hydroxyl groups is 1. The van der Waals surface area contributed by atoms with Gasteiger partial charge in [-0.1, -0.05) is 26.7 Å². The van der Waals surface area contributed by atoms with E-state index >= 15 is 0 Å². The first-order valence-corrected chi connectivity index (χ1v) is 7.27. The minimum atomic E-state index is -0.315. The van der Waals surface area contributed by atoms with Gasteiger partial charge in [-0.25, -0.2) is 0 Å². The van der Waals surface area contributed by atoms with E-state index in [1.165, 1.54) is 25.7 Å². The van der Waals surface area contributed by atoms with Crippen LogP contribution >= 0.6 is 0 Å². The van der Waals surface area contributed by atoms with Gasteiger partial charge in [-0.05, 0) is 32.2 Å². The third kappa shape index (κ3) is 7.02. The normalized spacial score (nSPS) is 17.6. The fourth-order valence-electron chi connectivity index (χ4n) is 2.01. The van der Waals surface area contributed by atoms with Crippen molar-refractivity contribution in [2.75, 3.05) is 26.3 Å². The van der Waals surface area contributed by atoms with Crippen LogP contribution in [0.4, 0.5) is 0 Å². The van der Waals surface area contributed by atoms with Gasteiger partial charge in [0.25, 0.3) is 0 Å². The van der Waals surface area contributed by atoms with Gasteiger partial charge >= 0.3 is 0 Å². The lowest BCUT2D eigenvalue weighted by Crippen LogP contribution is -2.37. The molecular weight excluding hydrogens is 214 g/mol. The lowest BCUT2D eigenvalue weighted by molar-refractivity contribution is 0.0141. The van der Waals surface area contributed by atoms with Gasteiger partial charge in [-0.2, -0.15) is 0 Å². The molecule has 0 radical (unpaired) electrons. The van der Waals surface area contributed by atoms with Crippen LogP contribution in [-0.4, -0.2) is 48.5 Å². The van der Waals surface area contributed by atoms with Crippen LogP contribution in [0, 0.1) is 0 Å². The zero-order valence-corrected chi connectivity index (χ0v) is 11.5. The van der Waals surface area contributed by atoms with E-state index in [2.05, 4.69) is 18.7 Å². The Bertz CT molecular complexity index is 183. The SMILES string of the molecule is CCCCOCC(O)CN(CCCC)C1CC1. The molecule has 0 aliphatic heterocycles. The lowest BCUT2D eigenvalue weighted by Gasteiger charge is -2.24. The Morgan fingerprint density at radius 3 is 2.53 bits per heavy atom. The topological polar surface area (TPSA) is 32.7 Å². The number of hydrogen-bond acceptors (Lipinski definition) is 3. The van der Waals surface area contributed by atoms with Crippen molar-refractivity contribution in [2.45, 2.75) is 64.5 Å². The Labute approximate surface area is 106 Å². The molecule has 0 amide bonds. The van der Waals surface area contributed by atoms with Crippen molar-refractivity contribution in [3.63, 3.8) is 0 Å². The van der Waals surface area contributed by atoms with Crippen molar-refractivity contribution in [3.8, 4) is 0 Å². The van der Waals surface area contributed by atoms with Crippen molar-refractivity contribution in [2.24, 2.45) is 0 Å². The second-order valence-corrected chi connectivity index (χ2v) is 5.16. The second-order valence-electron chi connectivity index (χ2n) is 5.16. The maximum absolute atomic E-state index is 9.93. The summed E-state index contributed by atoms with van der Waals surface area (Å²) in [5, 5.41) is 9.93. The molecule has 1 N–H and O–H groups in total. The van der Waals surface area contributed by atoms with E-state index in [1.807, 2.05) is 0 Å². The van der Waals surface area contributed by atoms with Crippen molar-refractivity contribution in [3.05, 3.63) is 0 Å². The summed E-state index contributed by atoms with van der Waals surface area (Å²) in [6.45, 7) is 7.57. The molecule has 1 fully saturated rings. The van der Waals surface area contributed by atoms with Gasteiger partial charge in [0.1, 0.15) is 0 Å². The van der Waals surface area contributed by atoms with Crippen LogP contribution in [0.5, 0.6) is 0 Å². The average Bonchev–Trinajstić information content (AvgIpc) is 3.14. The van der Waals surface area contributed by atoms with Gasteiger partial charge in [-0.15, -0.1) is 0 Å². The number of unbranched alkanes of at least 4 members (excludes halogenated alkanes) is 2. The number of ether oxygens (including phenoxy) is 1. The molecule has 0 spiro atoms. The van der Waals surface area contributed by atoms with Crippen molar-refractivity contribution >= 4 is 0 Å². The molecule has 1 unspecified atom stereocenters. The summed E-state index contributed by atoms with van der Waals surface area (Å²) >= 11 is 0. The Morgan fingerprint density at radius 1 is 1.24 bits per heavy atom. The van der Waals surface area contributed by atoms with E-state index in [4.69, 9.17) is 4.74 Å². The van der Waals surface area contributed by atoms with Gasteiger partial charge in [0.15, 0.2) is 0 Å². The van der Waals surface area contributed by atoms with Crippen LogP contribution in [0.1, 0.15) is 52.4 Å². The molecule has 0 saturated heterocycles. The molecule has 1 saturated carbocycles. The summed E-state index contributed by atoms with van der Waals surface area (Å²) in [5.41, 5.74) is 0. The highest BCUT2D eigenvalue weighted by atomic mass is 16.5. The second kappa shape index (κ2) is 8.90. The van der Waals surface area contributed by atoms with E-state index in [-0.39, 0.29) is 6.10 Å². The van der Waals surface area contributed by atoms with Crippen LogP contribution in [-0.2, 0) is 4.74 Å². The Kier molecular flexibility index (Phi) is 7.82. The largest absolute Gasteiger partial charge is 0.389 e. The van der Waals surface area contributed by atoms with E-state index in [0.717, 1.165) is 38.6 Å². The third-order valence-electron chi connectivity index (χ3n) is 3.26. The van der Waals surface area contributed by atoms with Crippen LogP contribution < -0.4 is 0 Å². The highest BCUT2D eigenvalue weighted by Gasteiger charge is 2.29. The Morgan fingerprint density at radius 2 is 1.94 bits per heavy atom. The molecule has 1 atom stereocenters. The molecule has 0 aromatic heterocycles. The Balaban J connectivity index is 2.10. The number of nitrogens with zero attached hydrogens (tertiary/aromatic N) is 1. The van der Waals surface area contributed by atoms with Gasteiger partial charge in [0.05, 0.1) is 12.7 Å². The molecule has 0 aromatic rings. The predicted octanol–water partition coefficient (Wildman–Crippen LogP) is 2.43. The first kappa shape index (κ1) is 14.9. The standard InChI is InChI=1S/C14H29NO2/c1-3-5-9-15(13-7-8-13)11-14(16)12-17-10-6-4-2/h13-14,16H,3-12H2,1-2H3. The maximum Gasteiger partial charge on any atom is 0.0900 e. The predicted molar refractivity (Wildman–Crippen MR) is 71.2 cm³/mol. The minimum Gasteiger partial charge on any atom is -0.389 e. The molecule has 3 nitrogen and oxygen atoms in total. The average molecular weight is 243 g/mol. The molecule has 102 valence electrons. The monoisotopic (exact) mass is 243 g/mol. The fourth-order valence-corrected chi connectivity index (χ4v) is 2.01. The van der Waals surface area contributed by atoms with E-state index in [1.54, 1.807) is 0 Å². The highest BCUT2D eigenvalue weighted by Crippen LogP contribution is 2.27.